The normalized spacial score (nSPS) is 18.8. The summed E-state index contributed by atoms with van der Waals surface area (Å²) in [7, 11) is 0. The van der Waals surface area contributed by atoms with Crippen LogP contribution in [0, 0.1) is 5.41 Å². The first-order valence-electron chi connectivity index (χ1n) is 7.10. The van der Waals surface area contributed by atoms with Crippen molar-refractivity contribution in [3.05, 3.63) is 24.2 Å². The predicted octanol–water partition coefficient (Wildman–Crippen LogP) is 2.53. The summed E-state index contributed by atoms with van der Waals surface area (Å²) in [6.07, 6.45) is 3.49. The largest absolute Gasteiger partial charge is 0.472 e. The molecular formula is C15H24N2O2S. The average molecular weight is 296 g/mol. The van der Waals surface area contributed by atoms with Crippen LogP contribution in [0.5, 0.6) is 0 Å². The van der Waals surface area contributed by atoms with Crippen LogP contribution in [0.3, 0.4) is 0 Å². The van der Waals surface area contributed by atoms with Crippen LogP contribution in [0.2, 0.25) is 0 Å². The molecule has 1 amide bonds. The first-order chi connectivity index (χ1) is 9.48. The molecule has 112 valence electrons. The highest BCUT2D eigenvalue weighted by Crippen LogP contribution is 2.24. The molecule has 0 aromatic carbocycles. The van der Waals surface area contributed by atoms with E-state index in [0.717, 1.165) is 30.2 Å². The lowest BCUT2D eigenvalue weighted by Gasteiger charge is -2.34. The fraction of sp³-hybridized carbons (Fsp3) is 0.667. The summed E-state index contributed by atoms with van der Waals surface area (Å²) in [6.45, 7) is 8.57. The zero-order valence-corrected chi connectivity index (χ0v) is 13.3. The van der Waals surface area contributed by atoms with E-state index in [1.165, 1.54) is 0 Å². The number of amides is 1. The third-order valence-electron chi connectivity index (χ3n) is 3.55. The number of rotatable bonds is 4. The van der Waals surface area contributed by atoms with E-state index in [4.69, 9.17) is 4.42 Å². The van der Waals surface area contributed by atoms with Crippen LogP contribution in [0.25, 0.3) is 0 Å². The van der Waals surface area contributed by atoms with E-state index < -0.39 is 0 Å². The van der Waals surface area contributed by atoms with Gasteiger partial charge in [0, 0.05) is 42.1 Å². The Bertz CT molecular complexity index is 420. The van der Waals surface area contributed by atoms with E-state index in [1.807, 2.05) is 38.6 Å². The third kappa shape index (κ3) is 4.03. The van der Waals surface area contributed by atoms with Crippen molar-refractivity contribution in [2.45, 2.75) is 26.8 Å². The molecule has 0 unspecified atom stereocenters. The van der Waals surface area contributed by atoms with E-state index in [2.05, 4.69) is 10.2 Å². The van der Waals surface area contributed by atoms with Crippen LogP contribution in [0.4, 0.5) is 0 Å². The number of furan rings is 1. The van der Waals surface area contributed by atoms with Crippen LogP contribution in [0.1, 0.15) is 32.4 Å². The standard InChI is InChI=1S/C15H24N2O2S/c1-15(2,3)14(18)16-10-13(12-4-7-19-11-12)17-5-8-20-9-6-17/h4,7,11,13H,5-6,8-10H2,1-3H3,(H,16,18)/t13-/m1/s1. The maximum absolute atomic E-state index is 12.1. The minimum Gasteiger partial charge on any atom is -0.472 e. The smallest absolute Gasteiger partial charge is 0.225 e. The fourth-order valence-corrected chi connectivity index (χ4v) is 3.20. The molecule has 1 aromatic rings. The maximum atomic E-state index is 12.1. The Kier molecular flexibility index (Phi) is 5.16. The second-order valence-electron chi connectivity index (χ2n) is 6.18. The number of carbonyl (C=O) groups excluding carboxylic acids is 1. The lowest BCUT2D eigenvalue weighted by atomic mass is 9.95. The zero-order chi connectivity index (χ0) is 14.6. The van der Waals surface area contributed by atoms with Gasteiger partial charge in [-0.25, -0.2) is 0 Å². The molecule has 1 N–H and O–H groups in total. The Morgan fingerprint density at radius 2 is 2.15 bits per heavy atom. The van der Waals surface area contributed by atoms with Gasteiger partial charge >= 0.3 is 0 Å². The SMILES string of the molecule is CC(C)(C)C(=O)NC[C@H](c1ccoc1)N1CCSCC1. The van der Waals surface area contributed by atoms with E-state index in [9.17, 15) is 4.79 Å². The topological polar surface area (TPSA) is 45.5 Å². The van der Waals surface area contributed by atoms with Crippen molar-refractivity contribution < 1.29 is 9.21 Å². The molecule has 0 saturated carbocycles. The highest BCUT2D eigenvalue weighted by molar-refractivity contribution is 7.99. The molecule has 20 heavy (non-hydrogen) atoms. The summed E-state index contributed by atoms with van der Waals surface area (Å²) >= 11 is 1.99. The molecule has 5 heteroatoms. The Morgan fingerprint density at radius 1 is 1.45 bits per heavy atom. The van der Waals surface area contributed by atoms with Crippen molar-refractivity contribution in [1.82, 2.24) is 10.2 Å². The van der Waals surface area contributed by atoms with Gasteiger partial charge in [0.15, 0.2) is 0 Å². The highest BCUT2D eigenvalue weighted by atomic mass is 32.2. The molecule has 1 atom stereocenters. The molecule has 1 aliphatic heterocycles. The molecule has 4 nitrogen and oxygen atoms in total. The summed E-state index contributed by atoms with van der Waals surface area (Å²) in [5.41, 5.74) is 0.796. The summed E-state index contributed by atoms with van der Waals surface area (Å²) in [6, 6.07) is 2.20. The molecule has 1 aliphatic rings. The second kappa shape index (κ2) is 6.68. The van der Waals surface area contributed by atoms with Crippen molar-refractivity contribution in [3.63, 3.8) is 0 Å². The summed E-state index contributed by atoms with van der Waals surface area (Å²) in [5, 5.41) is 3.08. The average Bonchev–Trinajstić information content (AvgIpc) is 2.93. The van der Waals surface area contributed by atoms with Crippen LogP contribution < -0.4 is 5.32 Å². The van der Waals surface area contributed by atoms with Gasteiger partial charge in [0.05, 0.1) is 18.6 Å². The minimum atomic E-state index is -0.349. The number of carbonyl (C=O) groups is 1. The fourth-order valence-electron chi connectivity index (χ4n) is 2.27. The predicted molar refractivity (Wildman–Crippen MR) is 82.8 cm³/mol. The van der Waals surface area contributed by atoms with E-state index in [0.29, 0.717) is 6.54 Å². The van der Waals surface area contributed by atoms with Crippen LogP contribution in [-0.4, -0.2) is 41.9 Å². The Morgan fingerprint density at radius 3 is 2.70 bits per heavy atom. The number of hydrogen-bond acceptors (Lipinski definition) is 4. The lowest BCUT2D eigenvalue weighted by Crippen LogP contribution is -2.44. The van der Waals surface area contributed by atoms with Crippen molar-refractivity contribution in [2.24, 2.45) is 5.41 Å². The molecule has 1 aromatic heterocycles. The third-order valence-corrected chi connectivity index (χ3v) is 4.49. The molecule has 2 rings (SSSR count). The van der Waals surface area contributed by atoms with Crippen molar-refractivity contribution >= 4 is 17.7 Å². The van der Waals surface area contributed by atoms with E-state index >= 15 is 0 Å². The molecule has 1 saturated heterocycles. The number of nitrogens with zero attached hydrogens (tertiary/aromatic N) is 1. The Labute approximate surface area is 125 Å². The molecule has 0 aliphatic carbocycles. The maximum Gasteiger partial charge on any atom is 0.225 e. The Balaban J connectivity index is 2.02. The van der Waals surface area contributed by atoms with Gasteiger partial charge in [0.1, 0.15) is 0 Å². The number of hydrogen-bond donors (Lipinski definition) is 1. The molecule has 1 fully saturated rings. The quantitative estimate of drug-likeness (QED) is 0.927. The summed E-state index contributed by atoms with van der Waals surface area (Å²) in [5.74, 6) is 2.40. The van der Waals surface area contributed by atoms with Crippen LogP contribution in [0.15, 0.2) is 23.0 Å². The van der Waals surface area contributed by atoms with Crippen molar-refractivity contribution in [1.29, 1.82) is 0 Å². The van der Waals surface area contributed by atoms with E-state index in [1.54, 1.807) is 12.5 Å². The second-order valence-corrected chi connectivity index (χ2v) is 7.41. The van der Waals surface area contributed by atoms with Gasteiger partial charge in [-0.05, 0) is 6.07 Å². The van der Waals surface area contributed by atoms with Gasteiger partial charge in [0.2, 0.25) is 5.91 Å². The van der Waals surface area contributed by atoms with Crippen LogP contribution >= 0.6 is 11.8 Å². The van der Waals surface area contributed by atoms with Gasteiger partial charge in [-0.1, -0.05) is 20.8 Å². The Hall–Kier alpha value is -0.940. The first-order valence-corrected chi connectivity index (χ1v) is 8.26. The molecular weight excluding hydrogens is 272 g/mol. The number of thioether (sulfide) groups is 1. The van der Waals surface area contributed by atoms with Gasteiger partial charge in [-0.15, -0.1) is 0 Å². The number of nitrogens with one attached hydrogen (secondary N) is 1. The van der Waals surface area contributed by atoms with E-state index in [-0.39, 0.29) is 17.4 Å². The lowest BCUT2D eigenvalue weighted by molar-refractivity contribution is -0.128. The zero-order valence-electron chi connectivity index (χ0n) is 12.5. The molecule has 0 bridgehead atoms. The molecule has 0 spiro atoms. The van der Waals surface area contributed by atoms with Crippen molar-refractivity contribution in [3.8, 4) is 0 Å². The van der Waals surface area contributed by atoms with Gasteiger partial charge in [0.25, 0.3) is 0 Å². The van der Waals surface area contributed by atoms with Crippen LogP contribution in [-0.2, 0) is 4.79 Å². The summed E-state index contributed by atoms with van der Waals surface area (Å²) in [4.78, 5) is 14.5. The van der Waals surface area contributed by atoms with Gasteiger partial charge < -0.3 is 9.73 Å². The van der Waals surface area contributed by atoms with Crippen molar-refractivity contribution in [2.75, 3.05) is 31.1 Å². The highest BCUT2D eigenvalue weighted by Gasteiger charge is 2.26. The summed E-state index contributed by atoms with van der Waals surface area (Å²) < 4.78 is 5.22. The first kappa shape index (κ1) is 15.4. The minimum absolute atomic E-state index is 0.0948. The molecule has 0 radical (unpaired) electrons. The van der Waals surface area contributed by atoms with Gasteiger partial charge in [-0.2, -0.15) is 11.8 Å². The molecule has 2 heterocycles. The van der Waals surface area contributed by atoms with Gasteiger partial charge in [-0.3, -0.25) is 9.69 Å². The monoisotopic (exact) mass is 296 g/mol.